The number of piperidine rings is 1. The molecule has 1 aliphatic heterocycles. The van der Waals surface area contributed by atoms with Gasteiger partial charge in [0.2, 0.25) is 0 Å². The van der Waals surface area contributed by atoms with Crippen molar-refractivity contribution in [2.75, 3.05) is 24.2 Å². The lowest BCUT2D eigenvalue weighted by Crippen LogP contribution is -2.43. The van der Waals surface area contributed by atoms with E-state index in [-0.39, 0.29) is 16.6 Å². The second-order valence-electron chi connectivity index (χ2n) is 5.00. The fourth-order valence-corrected chi connectivity index (χ4v) is 3.33. The predicted molar refractivity (Wildman–Crippen MR) is 75.6 cm³/mol. The van der Waals surface area contributed by atoms with Crippen molar-refractivity contribution >= 4 is 21.2 Å². The van der Waals surface area contributed by atoms with Crippen molar-refractivity contribution in [3.8, 4) is 0 Å². The topological polar surface area (TPSA) is 107 Å². The summed E-state index contributed by atoms with van der Waals surface area (Å²) in [7, 11) is -3.65. The molecule has 1 unspecified atom stereocenters. The molecule has 0 aliphatic carbocycles. The molecule has 0 spiro atoms. The summed E-state index contributed by atoms with van der Waals surface area (Å²) in [6.07, 6.45) is 2.68. The maximum Gasteiger partial charge on any atom is 0.311 e. The van der Waals surface area contributed by atoms with Gasteiger partial charge in [-0.25, -0.2) is 8.42 Å². The van der Waals surface area contributed by atoms with Gasteiger partial charge in [0.25, 0.3) is 0 Å². The highest BCUT2D eigenvalue weighted by molar-refractivity contribution is 7.90. The van der Waals surface area contributed by atoms with Gasteiger partial charge in [-0.15, -0.1) is 0 Å². The van der Waals surface area contributed by atoms with Crippen molar-refractivity contribution in [3.05, 3.63) is 28.3 Å². The van der Waals surface area contributed by atoms with E-state index in [4.69, 9.17) is 5.73 Å². The van der Waals surface area contributed by atoms with Crippen LogP contribution in [0.5, 0.6) is 0 Å². The Labute approximate surface area is 117 Å². The highest BCUT2D eigenvalue weighted by Crippen LogP contribution is 2.35. The SMILES string of the molecule is CS(=O)(=O)c1cccc(N2CCCC(N)C2)c1[N+](=O)[O-]. The molecule has 1 aromatic carbocycles. The molecule has 2 rings (SSSR count). The minimum absolute atomic E-state index is 0.0507. The van der Waals surface area contributed by atoms with E-state index in [1.165, 1.54) is 12.1 Å². The first-order chi connectivity index (χ1) is 9.30. The van der Waals surface area contributed by atoms with Gasteiger partial charge in [-0.3, -0.25) is 10.1 Å². The first-order valence-electron chi connectivity index (χ1n) is 6.28. The molecular formula is C12H17N3O4S. The Morgan fingerprint density at radius 2 is 2.15 bits per heavy atom. The molecule has 1 fully saturated rings. The van der Waals surface area contributed by atoms with E-state index in [1.54, 1.807) is 11.0 Å². The quantitative estimate of drug-likeness (QED) is 0.657. The van der Waals surface area contributed by atoms with Gasteiger partial charge in [0.1, 0.15) is 10.6 Å². The van der Waals surface area contributed by atoms with Crippen LogP contribution in [0.4, 0.5) is 11.4 Å². The summed E-state index contributed by atoms with van der Waals surface area (Å²) < 4.78 is 23.4. The number of hydrogen-bond acceptors (Lipinski definition) is 6. The number of benzene rings is 1. The summed E-state index contributed by atoms with van der Waals surface area (Å²) in [4.78, 5) is 12.2. The Morgan fingerprint density at radius 3 is 2.70 bits per heavy atom. The van der Waals surface area contributed by atoms with E-state index in [0.29, 0.717) is 18.8 Å². The lowest BCUT2D eigenvalue weighted by atomic mass is 10.1. The Balaban J connectivity index is 2.56. The summed E-state index contributed by atoms with van der Waals surface area (Å²) >= 11 is 0. The van der Waals surface area contributed by atoms with Gasteiger partial charge in [-0.05, 0) is 25.0 Å². The van der Waals surface area contributed by atoms with Gasteiger partial charge in [0.15, 0.2) is 9.84 Å². The first kappa shape index (κ1) is 14.7. The van der Waals surface area contributed by atoms with Crippen LogP contribution in [-0.2, 0) is 9.84 Å². The van der Waals surface area contributed by atoms with Crippen LogP contribution in [0.1, 0.15) is 12.8 Å². The number of para-hydroxylation sites is 1. The van der Waals surface area contributed by atoms with E-state index < -0.39 is 14.8 Å². The largest absolute Gasteiger partial charge is 0.364 e. The van der Waals surface area contributed by atoms with Crippen LogP contribution in [0.25, 0.3) is 0 Å². The van der Waals surface area contributed by atoms with Gasteiger partial charge in [-0.2, -0.15) is 0 Å². The van der Waals surface area contributed by atoms with Crippen LogP contribution in [0.15, 0.2) is 23.1 Å². The number of nitro benzene ring substituents is 1. The van der Waals surface area contributed by atoms with Crippen molar-refractivity contribution in [2.24, 2.45) is 5.73 Å². The number of sulfone groups is 1. The maximum absolute atomic E-state index is 11.7. The molecule has 1 saturated heterocycles. The van der Waals surface area contributed by atoms with Crippen LogP contribution in [0, 0.1) is 10.1 Å². The minimum Gasteiger partial charge on any atom is -0.364 e. The second kappa shape index (κ2) is 5.37. The summed E-state index contributed by atoms with van der Waals surface area (Å²) in [5, 5.41) is 11.3. The summed E-state index contributed by atoms with van der Waals surface area (Å²) in [6.45, 7) is 1.13. The molecule has 7 nitrogen and oxygen atoms in total. The number of nitrogens with two attached hydrogens (primary N) is 1. The molecule has 1 atom stereocenters. The van der Waals surface area contributed by atoms with Crippen LogP contribution >= 0.6 is 0 Å². The van der Waals surface area contributed by atoms with Gasteiger partial charge in [0.05, 0.1) is 4.92 Å². The lowest BCUT2D eigenvalue weighted by Gasteiger charge is -2.32. The molecule has 20 heavy (non-hydrogen) atoms. The number of nitro groups is 1. The van der Waals surface area contributed by atoms with Crippen LogP contribution in [0.3, 0.4) is 0 Å². The monoisotopic (exact) mass is 299 g/mol. The lowest BCUT2D eigenvalue weighted by molar-refractivity contribution is -0.387. The molecule has 0 radical (unpaired) electrons. The third-order valence-corrected chi connectivity index (χ3v) is 4.49. The van der Waals surface area contributed by atoms with Crippen molar-refractivity contribution in [1.82, 2.24) is 0 Å². The first-order valence-corrected chi connectivity index (χ1v) is 8.18. The van der Waals surface area contributed by atoms with Crippen molar-refractivity contribution in [1.29, 1.82) is 0 Å². The Kier molecular flexibility index (Phi) is 3.96. The zero-order valence-corrected chi connectivity index (χ0v) is 12.0. The maximum atomic E-state index is 11.7. The average Bonchev–Trinajstić information content (AvgIpc) is 2.36. The van der Waals surface area contributed by atoms with E-state index >= 15 is 0 Å². The molecule has 110 valence electrons. The molecule has 8 heteroatoms. The van der Waals surface area contributed by atoms with Crippen LogP contribution in [-0.4, -0.2) is 38.7 Å². The molecule has 2 N–H and O–H groups in total. The molecule has 0 aromatic heterocycles. The van der Waals surface area contributed by atoms with Gasteiger partial charge < -0.3 is 10.6 Å². The van der Waals surface area contributed by atoms with E-state index in [9.17, 15) is 18.5 Å². The molecule has 0 amide bonds. The van der Waals surface area contributed by atoms with E-state index in [2.05, 4.69) is 0 Å². The minimum atomic E-state index is -3.65. The summed E-state index contributed by atoms with van der Waals surface area (Å²) in [5.41, 5.74) is 5.85. The molecular weight excluding hydrogens is 282 g/mol. The molecule has 1 aromatic rings. The zero-order chi connectivity index (χ0) is 14.9. The molecule has 1 heterocycles. The fraction of sp³-hybridized carbons (Fsp3) is 0.500. The number of hydrogen-bond donors (Lipinski definition) is 1. The molecule has 0 saturated carbocycles. The number of rotatable bonds is 3. The zero-order valence-electron chi connectivity index (χ0n) is 11.2. The van der Waals surface area contributed by atoms with Gasteiger partial charge >= 0.3 is 5.69 Å². The summed E-state index contributed by atoms with van der Waals surface area (Å²) in [5.74, 6) is 0. The van der Waals surface area contributed by atoms with Crippen molar-refractivity contribution in [2.45, 2.75) is 23.8 Å². The predicted octanol–water partition coefficient (Wildman–Crippen LogP) is 0.926. The Hall–Kier alpha value is -1.67. The second-order valence-corrected chi connectivity index (χ2v) is 6.99. The van der Waals surface area contributed by atoms with Gasteiger partial charge in [0, 0.05) is 25.4 Å². The third kappa shape index (κ3) is 2.91. The molecule has 1 aliphatic rings. The van der Waals surface area contributed by atoms with E-state index in [1.807, 2.05) is 0 Å². The Morgan fingerprint density at radius 1 is 1.45 bits per heavy atom. The average molecular weight is 299 g/mol. The highest BCUT2D eigenvalue weighted by atomic mass is 32.2. The highest BCUT2D eigenvalue weighted by Gasteiger charge is 2.30. The van der Waals surface area contributed by atoms with Crippen molar-refractivity contribution < 1.29 is 13.3 Å². The van der Waals surface area contributed by atoms with Gasteiger partial charge in [-0.1, -0.05) is 6.07 Å². The standard InChI is InChI=1S/C12H17N3O4S/c1-20(18,19)11-6-2-5-10(12(11)15(16)17)14-7-3-4-9(13)8-14/h2,5-6,9H,3-4,7-8,13H2,1H3. The van der Waals surface area contributed by atoms with Crippen molar-refractivity contribution in [3.63, 3.8) is 0 Å². The van der Waals surface area contributed by atoms with E-state index in [0.717, 1.165) is 19.1 Å². The normalized spacial score (nSPS) is 19.9. The van der Waals surface area contributed by atoms with Crippen LogP contribution < -0.4 is 10.6 Å². The Bertz CT molecular complexity index is 630. The van der Waals surface area contributed by atoms with Crippen LogP contribution in [0.2, 0.25) is 0 Å². The summed E-state index contributed by atoms with van der Waals surface area (Å²) in [6, 6.07) is 4.31. The molecule has 0 bridgehead atoms. The number of anilines is 1. The fourth-order valence-electron chi connectivity index (χ4n) is 2.48. The third-order valence-electron chi connectivity index (χ3n) is 3.36. The number of nitrogens with zero attached hydrogens (tertiary/aromatic N) is 2. The smallest absolute Gasteiger partial charge is 0.311 e.